The first-order valence-corrected chi connectivity index (χ1v) is 6.64. The molecule has 0 spiro atoms. The van der Waals surface area contributed by atoms with Crippen LogP contribution in [0.1, 0.15) is 10.5 Å². The van der Waals surface area contributed by atoms with Gasteiger partial charge in [0.05, 0.1) is 0 Å². The zero-order valence-electron chi connectivity index (χ0n) is 11.7. The van der Waals surface area contributed by atoms with E-state index >= 15 is 0 Å². The summed E-state index contributed by atoms with van der Waals surface area (Å²) in [7, 11) is 0. The van der Waals surface area contributed by atoms with Gasteiger partial charge in [-0.25, -0.2) is 9.97 Å². The molecule has 7 heteroatoms. The maximum Gasteiger partial charge on any atom is 0.270 e. The summed E-state index contributed by atoms with van der Waals surface area (Å²) in [4.78, 5) is 19.9. The molecule has 0 unspecified atom stereocenters. The third-order valence-corrected chi connectivity index (χ3v) is 2.95. The molecule has 112 valence electrons. The summed E-state index contributed by atoms with van der Waals surface area (Å²) < 4.78 is 10.6. The maximum atomic E-state index is 11.8. The van der Waals surface area contributed by atoms with Crippen LogP contribution in [0, 0.1) is 0 Å². The fourth-order valence-electron chi connectivity index (χ4n) is 1.93. The highest BCUT2D eigenvalue weighted by Gasteiger charge is 2.14. The summed E-state index contributed by atoms with van der Waals surface area (Å²) >= 11 is 0. The normalized spacial score (nSPS) is 11.8. The lowest BCUT2D eigenvalue weighted by molar-refractivity contribution is 0.0953. The minimum Gasteiger partial charge on any atom is -0.454 e. The molecule has 0 radical (unpaired) electrons. The summed E-state index contributed by atoms with van der Waals surface area (Å²) in [5.41, 5.74) is 1.06. The van der Waals surface area contributed by atoms with Crippen LogP contribution in [0.15, 0.2) is 43.2 Å². The molecule has 1 aromatic carbocycles. The fraction of sp³-hybridized carbons (Fsp3) is 0.133. The molecule has 0 bridgehead atoms. The van der Waals surface area contributed by atoms with E-state index in [0.29, 0.717) is 23.9 Å². The number of amides is 1. The molecule has 0 saturated heterocycles. The second-order valence-electron chi connectivity index (χ2n) is 4.48. The van der Waals surface area contributed by atoms with Crippen molar-refractivity contribution in [3.05, 3.63) is 48.9 Å². The number of nitrogens with zero attached hydrogens (tertiary/aromatic N) is 2. The van der Waals surface area contributed by atoms with Gasteiger partial charge in [0, 0.05) is 24.4 Å². The van der Waals surface area contributed by atoms with Gasteiger partial charge >= 0.3 is 0 Å². The number of carbonyl (C=O) groups excluding carboxylic acids is 1. The van der Waals surface area contributed by atoms with Crippen molar-refractivity contribution in [2.45, 2.75) is 0 Å². The van der Waals surface area contributed by atoms with Crippen molar-refractivity contribution in [1.82, 2.24) is 15.3 Å². The topological polar surface area (TPSA) is 85.4 Å². The smallest absolute Gasteiger partial charge is 0.270 e. The van der Waals surface area contributed by atoms with Crippen LogP contribution >= 0.6 is 0 Å². The summed E-state index contributed by atoms with van der Waals surface area (Å²) in [5, 5.41) is 5.76. The fourth-order valence-corrected chi connectivity index (χ4v) is 1.93. The predicted molar refractivity (Wildman–Crippen MR) is 80.4 cm³/mol. The zero-order valence-corrected chi connectivity index (χ0v) is 11.7. The Morgan fingerprint density at radius 1 is 1.27 bits per heavy atom. The highest BCUT2D eigenvalue weighted by molar-refractivity contribution is 5.93. The van der Waals surface area contributed by atoms with Crippen molar-refractivity contribution in [2.24, 2.45) is 0 Å². The number of fused-ring (bicyclic) bond motifs is 1. The molecule has 1 aliphatic heterocycles. The number of benzene rings is 1. The summed E-state index contributed by atoms with van der Waals surface area (Å²) in [6.07, 6.45) is 2.93. The Balaban J connectivity index is 1.75. The molecular formula is C15H14N4O3. The van der Waals surface area contributed by atoms with E-state index in [-0.39, 0.29) is 18.4 Å². The van der Waals surface area contributed by atoms with Gasteiger partial charge in [0.15, 0.2) is 11.5 Å². The van der Waals surface area contributed by atoms with E-state index < -0.39 is 0 Å². The third kappa shape index (κ3) is 2.98. The molecule has 0 atom stereocenters. The molecule has 0 aliphatic carbocycles. The quantitative estimate of drug-likeness (QED) is 0.820. The van der Waals surface area contributed by atoms with Crippen molar-refractivity contribution in [3.63, 3.8) is 0 Å². The SMILES string of the molecule is C=CCNC(=O)c1cc(Nc2ccc3c(c2)OCO3)ncn1. The summed E-state index contributed by atoms with van der Waals surface area (Å²) in [5.74, 6) is 1.61. The van der Waals surface area contributed by atoms with Crippen molar-refractivity contribution in [2.75, 3.05) is 18.7 Å². The number of anilines is 2. The number of hydrogen-bond donors (Lipinski definition) is 2. The third-order valence-electron chi connectivity index (χ3n) is 2.95. The molecule has 2 heterocycles. The van der Waals surface area contributed by atoms with Crippen molar-refractivity contribution < 1.29 is 14.3 Å². The van der Waals surface area contributed by atoms with Gasteiger partial charge in [-0.1, -0.05) is 6.08 Å². The van der Waals surface area contributed by atoms with Gasteiger partial charge in [0.1, 0.15) is 17.8 Å². The average Bonchev–Trinajstić information content (AvgIpc) is 3.00. The van der Waals surface area contributed by atoms with Crippen molar-refractivity contribution in [1.29, 1.82) is 0 Å². The van der Waals surface area contributed by atoms with Gasteiger partial charge in [0.25, 0.3) is 5.91 Å². The van der Waals surface area contributed by atoms with Crippen molar-refractivity contribution >= 4 is 17.4 Å². The lowest BCUT2D eigenvalue weighted by Crippen LogP contribution is -2.24. The first-order chi connectivity index (χ1) is 10.8. The number of nitrogens with one attached hydrogen (secondary N) is 2. The molecule has 3 rings (SSSR count). The lowest BCUT2D eigenvalue weighted by Gasteiger charge is -2.07. The molecule has 0 fully saturated rings. The van der Waals surface area contributed by atoms with Gasteiger partial charge in [0.2, 0.25) is 6.79 Å². The molecular weight excluding hydrogens is 284 g/mol. The number of carbonyl (C=O) groups is 1. The summed E-state index contributed by atoms with van der Waals surface area (Å²) in [6.45, 7) is 4.15. The van der Waals surface area contributed by atoms with E-state index in [1.807, 2.05) is 18.2 Å². The number of hydrogen-bond acceptors (Lipinski definition) is 6. The van der Waals surface area contributed by atoms with Gasteiger partial charge in [-0.05, 0) is 12.1 Å². The van der Waals surface area contributed by atoms with E-state index in [2.05, 4.69) is 27.2 Å². The maximum absolute atomic E-state index is 11.8. The predicted octanol–water partition coefficient (Wildman–Crippen LogP) is 1.86. The number of ether oxygens (including phenoxy) is 2. The van der Waals surface area contributed by atoms with Crippen LogP contribution in [0.5, 0.6) is 11.5 Å². The Morgan fingerprint density at radius 3 is 3.00 bits per heavy atom. The first-order valence-electron chi connectivity index (χ1n) is 6.64. The van der Waals surface area contributed by atoms with Crippen LogP contribution in [0.25, 0.3) is 0 Å². The molecule has 7 nitrogen and oxygen atoms in total. The second-order valence-corrected chi connectivity index (χ2v) is 4.48. The Bertz CT molecular complexity index is 718. The molecule has 2 N–H and O–H groups in total. The van der Waals surface area contributed by atoms with Gasteiger partial charge in [-0.2, -0.15) is 0 Å². The monoisotopic (exact) mass is 298 g/mol. The highest BCUT2D eigenvalue weighted by Crippen LogP contribution is 2.34. The van der Waals surface area contributed by atoms with Crippen LogP contribution < -0.4 is 20.1 Å². The minimum atomic E-state index is -0.281. The van der Waals surface area contributed by atoms with Gasteiger partial charge in [-0.3, -0.25) is 4.79 Å². The lowest BCUT2D eigenvalue weighted by atomic mass is 10.2. The molecule has 0 saturated carbocycles. The van der Waals surface area contributed by atoms with Crippen LogP contribution in [0.2, 0.25) is 0 Å². The Morgan fingerprint density at radius 2 is 2.14 bits per heavy atom. The van der Waals surface area contributed by atoms with Crippen molar-refractivity contribution in [3.8, 4) is 11.5 Å². The number of aromatic nitrogens is 2. The van der Waals surface area contributed by atoms with E-state index in [0.717, 1.165) is 5.69 Å². The zero-order chi connectivity index (χ0) is 15.4. The van der Waals surface area contributed by atoms with Crippen LogP contribution in [0.3, 0.4) is 0 Å². The Labute approximate surface area is 127 Å². The average molecular weight is 298 g/mol. The standard InChI is InChI=1S/C15H14N4O3/c1-2-5-16-15(20)11-7-14(18-8-17-11)19-10-3-4-12-13(6-10)22-9-21-12/h2-4,6-8H,1,5,9H2,(H,16,20)(H,17,18,19). The van der Waals surface area contributed by atoms with E-state index in [1.165, 1.54) is 6.33 Å². The van der Waals surface area contributed by atoms with Crippen LogP contribution in [0.4, 0.5) is 11.5 Å². The highest BCUT2D eigenvalue weighted by atomic mass is 16.7. The van der Waals surface area contributed by atoms with E-state index in [1.54, 1.807) is 12.1 Å². The molecule has 1 aliphatic rings. The first kappa shape index (κ1) is 13.9. The molecule has 1 amide bonds. The van der Waals surface area contributed by atoms with Gasteiger partial charge in [-0.15, -0.1) is 6.58 Å². The molecule has 22 heavy (non-hydrogen) atoms. The van der Waals surface area contributed by atoms with E-state index in [9.17, 15) is 4.79 Å². The summed E-state index contributed by atoms with van der Waals surface area (Å²) in [6, 6.07) is 7.03. The number of rotatable bonds is 5. The molecule has 2 aromatic rings. The minimum absolute atomic E-state index is 0.222. The van der Waals surface area contributed by atoms with Crippen LogP contribution in [-0.4, -0.2) is 29.2 Å². The largest absolute Gasteiger partial charge is 0.454 e. The van der Waals surface area contributed by atoms with E-state index in [4.69, 9.17) is 9.47 Å². The Kier molecular flexibility index (Phi) is 3.86. The van der Waals surface area contributed by atoms with Crippen LogP contribution in [-0.2, 0) is 0 Å². The molecule has 1 aromatic heterocycles. The Hall–Kier alpha value is -3.09. The van der Waals surface area contributed by atoms with Gasteiger partial charge < -0.3 is 20.1 Å². The second kappa shape index (κ2) is 6.13.